The van der Waals surface area contributed by atoms with Crippen LogP contribution < -0.4 is 5.32 Å². The standard InChI is InChI=1S/C11H25N3/c1-4-11(13(2)3)5-8-14-9-6-12-7-10-14/h11-12H,4-10H2,1-3H3. The zero-order valence-electron chi connectivity index (χ0n) is 9.92. The van der Waals surface area contributed by atoms with E-state index >= 15 is 0 Å². The summed E-state index contributed by atoms with van der Waals surface area (Å²) in [5.41, 5.74) is 0. The third-order valence-electron chi connectivity index (χ3n) is 3.19. The molecule has 0 aromatic heterocycles. The minimum absolute atomic E-state index is 0.755. The molecule has 1 aliphatic rings. The molecule has 1 atom stereocenters. The molecule has 1 saturated heterocycles. The van der Waals surface area contributed by atoms with Crippen LogP contribution in [-0.2, 0) is 0 Å². The van der Waals surface area contributed by atoms with Crippen LogP contribution in [0.1, 0.15) is 19.8 Å². The van der Waals surface area contributed by atoms with Gasteiger partial charge in [0.05, 0.1) is 0 Å². The lowest BCUT2D eigenvalue weighted by molar-refractivity contribution is 0.195. The van der Waals surface area contributed by atoms with Gasteiger partial charge in [-0.3, -0.25) is 0 Å². The number of nitrogens with one attached hydrogen (secondary N) is 1. The second-order valence-corrected chi connectivity index (χ2v) is 4.41. The Morgan fingerprint density at radius 2 is 1.93 bits per heavy atom. The van der Waals surface area contributed by atoms with Gasteiger partial charge in [0.25, 0.3) is 0 Å². The summed E-state index contributed by atoms with van der Waals surface area (Å²) in [5, 5.41) is 3.39. The molecule has 14 heavy (non-hydrogen) atoms. The molecule has 0 amide bonds. The van der Waals surface area contributed by atoms with Gasteiger partial charge >= 0.3 is 0 Å². The zero-order chi connectivity index (χ0) is 10.4. The van der Waals surface area contributed by atoms with Gasteiger partial charge in [0.15, 0.2) is 0 Å². The fraction of sp³-hybridized carbons (Fsp3) is 1.00. The van der Waals surface area contributed by atoms with Crippen molar-refractivity contribution in [1.82, 2.24) is 15.1 Å². The van der Waals surface area contributed by atoms with Gasteiger partial charge in [-0.1, -0.05) is 6.92 Å². The van der Waals surface area contributed by atoms with E-state index < -0.39 is 0 Å². The second kappa shape index (κ2) is 6.38. The Kier molecular flexibility index (Phi) is 5.45. The van der Waals surface area contributed by atoms with E-state index in [1.165, 1.54) is 45.6 Å². The highest BCUT2D eigenvalue weighted by Crippen LogP contribution is 2.06. The Hall–Kier alpha value is -0.120. The maximum absolute atomic E-state index is 3.39. The van der Waals surface area contributed by atoms with Crippen LogP contribution >= 0.6 is 0 Å². The molecule has 3 heteroatoms. The van der Waals surface area contributed by atoms with Crippen molar-refractivity contribution in [2.24, 2.45) is 0 Å². The highest BCUT2D eigenvalue weighted by Gasteiger charge is 2.13. The van der Waals surface area contributed by atoms with Crippen molar-refractivity contribution in [2.75, 3.05) is 46.8 Å². The Morgan fingerprint density at radius 3 is 2.43 bits per heavy atom. The van der Waals surface area contributed by atoms with Gasteiger partial charge in [-0.15, -0.1) is 0 Å². The zero-order valence-corrected chi connectivity index (χ0v) is 9.92. The van der Waals surface area contributed by atoms with Crippen molar-refractivity contribution < 1.29 is 0 Å². The lowest BCUT2D eigenvalue weighted by Crippen LogP contribution is -2.45. The fourth-order valence-corrected chi connectivity index (χ4v) is 2.09. The minimum Gasteiger partial charge on any atom is -0.314 e. The summed E-state index contributed by atoms with van der Waals surface area (Å²) >= 11 is 0. The van der Waals surface area contributed by atoms with E-state index in [1.807, 2.05) is 0 Å². The summed E-state index contributed by atoms with van der Waals surface area (Å²) in [6, 6.07) is 0.755. The van der Waals surface area contributed by atoms with Crippen LogP contribution in [0.5, 0.6) is 0 Å². The SMILES string of the molecule is CCC(CCN1CCNCC1)N(C)C. The molecule has 0 radical (unpaired) electrons. The van der Waals surface area contributed by atoms with Crippen molar-refractivity contribution in [3.8, 4) is 0 Å². The number of hydrogen-bond acceptors (Lipinski definition) is 3. The molecular weight excluding hydrogens is 174 g/mol. The van der Waals surface area contributed by atoms with E-state index in [0.717, 1.165) is 6.04 Å². The van der Waals surface area contributed by atoms with Gasteiger partial charge in [-0.2, -0.15) is 0 Å². The molecule has 1 N–H and O–H groups in total. The van der Waals surface area contributed by atoms with E-state index in [9.17, 15) is 0 Å². The molecule has 0 saturated carbocycles. The Bertz CT molecular complexity index is 141. The normalized spacial score (nSPS) is 21.4. The van der Waals surface area contributed by atoms with E-state index in [-0.39, 0.29) is 0 Å². The topological polar surface area (TPSA) is 18.5 Å². The van der Waals surface area contributed by atoms with Crippen LogP contribution in [0.25, 0.3) is 0 Å². The smallest absolute Gasteiger partial charge is 0.0107 e. The highest BCUT2D eigenvalue weighted by molar-refractivity contribution is 4.71. The maximum atomic E-state index is 3.39. The summed E-state index contributed by atoms with van der Waals surface area (Å²) in [6.45, 7) is 8.33. The molecule has 84 valence electrons. The van der Waals surface area contributed by atoms with Crippen molar-refractivity contribution >= 4 is 0 Å². The van der Waals surface area contributed by atoms with Crippen molar-refractivity contribution in [1.29, 1.82) is 0 Å². The van der Waals surface area contributed by atoms with Gasteiger partial charge in [0, 0.05) is 32.2 Å². The summed E-state index contributed by atoms with van der Waals surface area (Å²) in [4.78, 5) is 4.92. The van der Waals surface area contributed by atoms with Crippen LogP contribution in [0.4, 0.5) is 0 Å². The Balaban J connectivity index is 2.16. The highest BCUT2D eigenvalue weighted by atomic mass is 15.2. The number of hydrogen-bond donors (Lipinski definition) is 1. The first-order chi connectivity index (χ1) is 6.74. The van der Waals surface area contributed by atoms with Gasteiger partial charge < -0.3 is 15.1 Å². The summed E-state index contributed by atoms with van der Waals surface area (Å²) < 4.78 is 0. The van der Waals surface area contributed by atoms with E-state index in [0.29, 0.717) is 0 Å². The maximum Gasteiger partial charge on any atom is 0.0107 e. The van der Waals surface area contributed by atoms with Crippen molar-refractivity contribution in [2.45, 2.75) is 25.8 Å². The molecule has 0 aliphatic carbocycles. The monoisotopic (exact) mass is 199 g/mol. The molecule has 0 bridgehead atoms. The average Bonchev–Trinajstić information content (AvgIpc) is 2.20. The van der Waals surface area contributed by atoms with Crippen molar-refractivity contribution in [3.63, 3.8) is 0 Å². The molecule has 3 nitrogen and oxygen atoms in total. The van der Waals surface area contributed by atoms with Crippen LogP contribution in [0.3, 0.4) is 0 Å². The van der Waals surface area contributed by atoms with Crippen LogP contribution in [0, 0.1) is 0 Å². The molecule has 1 rings (SSSR count). The fourth-order valence-electron chi connectivity index (χ4n) is 2.09. The van der Waals surface area contributed by atoms with Gasteiger partial charge in [0.2, 0.25) is 0 Å². The van der Waals surface area contributed by atoms with Crippen LogP contribution in [-0.4, -0.2) is 62.7 Å². The van der Waals surface area contributed by atoms with Crippen LogP contribution in [0.15, 0.2) is 0 Å². The first kappa shape index (κ1) is 12.0. The largest absolute Gasteiger partial charge is 0.314 e. The third kappa shape index (κ3) is 3.95. The predicted molar refractivity (Wildman–Crippen MR) is 61.7 cm³/mol. The van der Waals surface area contributed by atoms with Gasteiger partial charge in [-0.05, 0) is 33.5 Å². The molecule has 1 heterocycles. The van der Waals surface area contributed by atoms with Crippen LogP contribution in [0.2, 0.25) is 0 Å². The molecule has 1 unspecified atom stereocenters. The molecule has 1 fully saturated rings. The van der Waals surface area contributed by atoms with E-state index in [1.54, 1.807) is 0 Å². The molecular formula is C11H25N3. The Morgan fingerprint density at radius 1 is 1.29 bits per heavy atom. The summed E-state index contributed by atoms with van der Waals surface area (Å²) in [6.07, 6.45) is 2.57. The lowest BCUT2D eigenvalue weighted by Gasteiger charge is -2.30. The lowest BCUT2D eigenvalue weighted by atomic mass is 10.1. The van der Waals surface area contributed by atoms with Gasteiger partial charge in [-0.25, -0.2) is 0 Å². The minimum atomic E-state index is 0.755. The first-order valence-electron chi connectivity index (χ1n) is 5.83. The van der Waals surface area contributed by atoms with E-state index in [4.69, 9.17) is 0 Å². The van der Waals surface area contributed by atoms with Crippen molar-refractivity contribution in [3.05, 3.63) is 0 Å². The molecule has 0 spiro atoms. The number of piperazine rings is 1. The molecule has 0 aromatic carbocycles. The quantitative estimate of drug-likeness (QED) is 0.700. The number of nitrogens with zero attached hydrogens (tertiary/aromatic N) is 2. The number of rotatable bonds is 5. The molecule has 1 aliphatic heterocycles. The third-order valence-corrected chi connectivity index (χ3v) is 3.19. The summed E-state index contributed by atoms with van der Waals surface area (Å²) in [5.74, 6) is 0. The van der Waals surface area contributed by atoms with E-state index in [2.05, 4.69) is 36.1 Å². The second-order valence-electron chi connectivity index (χ2n) is 4.41. The predicted octanol–water partition coefficient (Wildman–Crippen LogP) is 0.622. The average molecular weight is 199 g/mol. The van der Waals surface area contributed by atoms with Gasteiger partial charge in [0.1, 0.15) is 0 Å². The first-order valence-corrected chi connectivity index (χ1v) is 5.83. The summed E-state index contributed by atoms with van der Waals surface area (Å²) in [7, 11) is 4.37. The molecule has 0 aromatic rings. The Labute approximate surface area is 88.5 Å².